The van der Waals surface area contributed by atoms with Crippen molar-refractivity contribution in [1.29, 1.82) is 0 Å². The van der Waals surface area contributed by atoms with Gasteiger partial charge in [-0.05, 0) is 42.5 Å². The molecule has 2 N–H and O–H groups in total. The van der Waals surface area contributed by atoms with Crippen LogP contribution in [0.3, 0.4) is 0 Å². The zero-order valence-corrected chi connectivity index (χ0v) is 11.4. The second-order valence-corrected chi connectivity index (χ2v) is 6.05. The molecule has 1 heterocycles. The number of hydrogen-bond donors (Lipinski definition) is 2. The first-order chi connectivity index (χ1) is 8.79. The van der Waals surface area contributed by atoms with Crippen molar-refractivity contribution in [1.82, 2.24) is 5.32 Å². The summed E-state index contributed by atoms with van der Waals surface area (Å²) in [4.78, 5) is 13.0. The maximum Gasteiger partial charge on any atom is 0.220 e. The first-order valence-electron chi connectivity index (χ1n) is 6.69. The predicted molar refractivity (Wildman–Crippen MR) is 73.6 cm³/mol. The number of hydrogen-bond acceptors (Lipinski definition) is 3. The molecule has 1 amide bonds. The van der Waals surface area contributed by atoms with Crippen molar-refractivity contribution >= 4 is 17.2 Å². The average Bonchev–Trinajstić information content (AvgIpc) is 3.04. The molecule has 1 aliphatic rings. The highest BCUT2D eigenvalue weighted by Crippen LogP contribution is 2.30. The molecular weight excluding hydrogens is 246 g/mol. The Bertz CT molecular complexity index is 364. The highest BCUT2D eigenvalue weighted by atomic mass is 32.1. The van der Waals surface area contributed by atoms with E-state index in [4.69, 9.17) is 0 Å². The molecular formula is C14H21NO2S. The van der Waals surface area contributed by atoms with Crippen LogP contribution in [0.15, 0.2) is 17.5 Å². The molecule has 2 rings (SSSR count). The Hall–Kier alpha value is -0.870. The molecule has 18 heavy (non-hydrogen) atoms. The van der Waals surface area contributed by atoms with Gasteiger partial charge in [0.15, 0.2) is 0 Å². The van der Waals surface area contributed by atoms with Crippen molar-refractivity contribution in [3.05, 3.63) is 22.4 Å². The molecule has 0 aliphatic heterocycles. The summed E-state index contributed by atoms with van der Waals surface area (Å²) in [5.74, 6) is 0.996. The van der Waals surface area contributed by atoms with E-state index in [-0.39, 0.29) is 12.5 Å². The van der Waals surface area contributed by atoms with E-state index in [1.54, 1.807) is 11.3 Å². The fourth-order valence-electron chi connectivity index (χ4n) is 2.65. The van der Waals surface area contributed by atoms with Gasteiger partial charge in [0.25, 0.3) is 0 Å². The summed E-state index contributed by atoms with van der Waals surface area (Å²) in [5.41, 5.74) is 0. The zero-order chi connectivity index (χ0) is 12.8. The molecule has 1 aliphatic carbocycles. The van der Waals surface area contributed by atoms with Gasteiger partial charge in [0.2, 0.25) is 5.91 Å². The summed E-state index contributed by atoms with van der Waals surface area (Å²) in [6.45, 7) is 0.990. The van der Waals surface area contributed by atoms with Crippen LogP contribution >= 0.6 is 11.3 Å². The Morgan fingerprint density at radius 2 is 2.28 bits per heavy atom. The molecule has 2 unspecified atom stereocenters. The lowest BCUT2D eigenvalue weighted by Gasteiger charge is -2.17. The van der Waals surface area contributed by atoms with E-state index in [0.29, 0.717) is 18.3 Å². The SMILES string of the molecule is O=C(CCc1cccs1)NCC1CCCC1CO. The van der Waals surface area contributed by atoms with E-state index in [9.17, 15) is 9.90 Å². The number of amides is 1. The van der Waals surface area contributed by atoms with Gasteiger partial charge in [0, 0.05) is 24.4 Å². The number of carbonyl (C=O) groups is 1. The number of carbonyl (C=O) groups excluding carboxylic acids is 1. The number of rotatable bonds is 6. The first-order valence-corrected chi connectivity index (χ1v) is 7.57. The van der Waals surface area contributed by atoms with Gasteiger partial charge in [0.1, 0.15) is 0 Å². The molecule has 2 atom stereocenters. The molecule has 4 heteroatoms. The van der Waals surface area contributed by atoms with Gasteiger partial charge in [-0.15, -0.1) is 11.3 Å². The average molecular weight is 267 g/mol. The topological polar surface area (TPSA) is 49.3 Å². The van der Waals surface area contributed by atoms with Crippen LogP contribution in [0.4, 0.5) is 0 Å². The summed E-state index contributed by atoms with van der Waals surface area (Å²) in [5, 5.41) is 14.3. The lowest BCUT2D eigenvalue weighted by atomic mass is 9.97. The number of thiophene rings is 1. The van der Waals surface area contributed by atoms with Crippen molar-refractivity contribution in [3.63, 3.8) is 0 Å². The normalized spacial score (nSPS) is 23.2. The van der Waals surface area contributed by atoms with Gasteiger partial charge >= 0.3 is 0 Å². The Balaban J connectivity index is 1.65. The Morgan fingerprint density at radius 1 is 1.44 bits per heavy atom. The van der Waals surface area contributed by atoms with E-state index in [2.05, 4.69) is 11.4 Å². The minimum absolute atomic E-state index is 0.131. The lowest BCUT2D eigenvalue weighted by Crippen LogP contribution is -2.31. The van der Waals surface area contributed by atoms with Crippen LogP contribution in [0, 0.1) is 11.8 Å². The van der Waals surface area contributed by atoms with E-state index in [0.717, 1.165) is 25.8 Å². The van der Waals surface area contributed by atoms with Gasteiger partial charge in [-0.25, -0.2) is 0 Å². The standard InChI is InChI=1S/C14H21NO2S/c16-10-12-4-1-3-11(12)9-15-14(17)7-6-13-5-2-8-18-13/h2,5,8,11-12,16H,1,3-4,6-7,9-10H2,(H,15,17). The maximum atomic E-state index is 11.7. The first kappa shape index (κ1) is 13.6. The van der Waals surface area contributed by atoms with Crippen LogP contribution < -0.4 is 5.32 Å². The highest BCUT2D eigenvalue weighted by Gasteiger charge is 2.26. The fraction of sp³-hybridized carbons (Fsp3) is 0.643. The third-order valence-corrected chi connectivity index (χ3v) is 4.73. The summed E-state index contributed by atoms with van der Waals surface area (Å²) < 4.78 is 0. The van der Waals surface area contributed by atoms with Crippen LogP contribution in [0.5, 0.6) is 0 Å². The molecule has 100 valence electrons. The number of aliphatic hydroxyl groups is 1. The lowest BCUT2D eigenvalue weighted by molar-refractivity contribution is -0.121. The third-order valence-electron chi connectivity index (χ3n) is 3.79. The molecule has 0 bridgehead atoms. The monoisotopic (exact) mass is 267 g/mol. The Labute approximate surface area is 112 Å². The highest BCUT2D eigenvalue weighted by molar-refractivity contribution is 7.09. The number of aliphatic hydroxyl groups excluding tert-OH is 1. The summed E-state index contributed by atoms with van der Waals surface area (Å²) in [6.07, 6.45) is 4.82. The van der Waals surface area contributed by atoms with Crippen LogP contribution in [-0.4, -0.2) is 24.2 Å². The fourth-order valence-corrected chi connectivity index (χ4v) is 3.36. The van der Waals surface area contributed by atoms with E-state index >= 15 is 0 Å². The van der Waals surface area contributed by atoms with Gasteiger partial charge < -0.3 is 10.4 Å². The van der Waals surface area contributed by atoms with Gasteiger partial charge in [-0.2, -0.15) is 0 Å². The molecule has 0 spiro atoms. The van der Waals surface area contributed by atoms with Crippen molar-refractivity contribution in [2.75, 3.05) is 13.2 Å². The summed E-state index contributed by atoms with van der Waals surface area (Å²) in [6, 6.07) is 4.08. The molecule has 1 aromatic rings. The van der Waals surface area contributed by atoms with Crippen LogP contribution in [0.25, 0.3) is 0 Å². The summed E-state index contributed by atoms with van der Waals surface area (Å²) in [7, 11) is 0. The van der Waals surface area contributed by atoms with E-state index in [1.807, 2.05) is 11.4 Å². The van der Waals surface area contributed by atoms with Gasteiger partial charge in [0.05, 0.1) is 0 Å². The van der Waals surface area contributed by atoms with Crippen LogP contribution in [0.1, 0.15) is 30.6 Å². The minimum Gasteiger partial charge on any atom is -0.396 e. The Kier molecular flexibility index (Phi) is 5.20. The molecule has 1 aromatic heterocycles. The smallest absolute Gasteiger partial charge is 0.220 e. The van der Waals surface area contributed by atoms with E-state index < -0.39 is 0 Å². The van der Waals surface area contributed by atoms with Crippen molar-refractivity contribution in [3.8, 4) is 0 Å². The quantitative estimate of drug-likeness (QED) is 0.830. The largest absolute Gasteiger partial charge is 0.396 e. The third kappa shape index (κ3) is 3.82. The van der Waals surface area contributed by atoms with Crippen LogP contribution in [-0.2, 0) is 11.2 Å². The molecule has 0 radical (unpaired) electrons. The number of aryl methyl sites for hydroxylation is 1. The molecule has 1 fully saturated rings. The number of nitrogens with one attached hydrogen (secondary N) is 1. The second-order valence-electron chi connectivity index (χ2n) is 5.02. The van der Waals surface area contributed by atoms with E-state index in [1.165, 1.54) is 11.3 Å². The predicted octanol–water partition coefficient (Wildman–Crippen LogP) is 2.21. The van der Waals surface area contributed by atoms with Gasteiger partial charge in [-0.3, -0.25) is 4.79 Å². The maximum absolute atomic E-state index is 11.7. The van der Waals surface area contributed by atoms with Crippen molar-refractivity contribution < 1.29 is 9.90 Å². The molecule has 0 aromatic carbocycles. The van der Waals surface area contributed by atoms with Crippen LogP contribution in [0.2, 0.25) is 0 Å². The molecule has 0 saturated heterocycles. The molecule has 1 saturated carbocycles. The molecule has 3 nitrogen and oxygen atoms in total. The second kappa shape index (κ2) is 6.90. The summed E-state index contributed by atoms with van der Waals surface area (Å²) >= 11 is 1.70. The van der Waals surface area contributed by atoms with Crippen molar-refractivity contribution in [2.45, 2.75) is 32.1 Å². The van der Waals surface area contributed by atoms with Crippen molar-refractivity contribution in [2.24, 2.45) is 11.8 Å². The minimum atomic E-state index is 0.131. The zero-order valence-electron chi connectivity index (χ0n) is 10.6. The van der Waals surface area contributed by atoms with Gasteiger partial charge in [-0.1, -0.05) is 12.5 Å². The Morgan fingerprint density at radius 3 is 3.00 bits per heavy atom.